The number of carboxylic acid groups (broad SMARTS) is 1. The Bertz CT molecular complexity index is 1520. The lowest BCUT2D eigenvalue weighted by Crippen LogP contribution is -2.48. The highest BCUT2D eigenvalue weighted by atomic mass is 19.4. The number of hydrogen-bond acceptors (Lipinski definition) is 7. The van der Waals surface area contributed by atoms with E-state index >= 15 is 0 Å². The van der Waals surface area contributed by atoms with Gasteiger partial charge in [-0.25, -0.2) is 9.59 Å². The number of amidine groups is 1. The van der Waals surface area contributed by atoms with Gasteiger partial charge in [-0.05, 0) is 54.8 Å². The van der Waals surface area contributed by atoms with Gasteiger partial charge in [-0.3, -0.25) is 9.69 Å². The van der Waals surface area contributed by atoms with Crippen molar-refractivity contribution >= 4 is 29.5 Å². The minimum absolute atomic E-state index is 0.0568. The van der Waals surface area contributed by atoms with Crippen LogP contribution < -0.4 is 11.1 Å². The number of carboxylic acids is 1. The van der Waals surface area contributed by atoms with Crippen LogP contribution in [0.2, 0.25) is 0 Å². The number of rotatable bonds is 9. The molecule has 0 bridgehead atoms. The predicted molar refractivity (Wildman–Crippen MR) is 155 cm³/mol. The lowest BCUT2D eigenvalue weighted by Gasteiger charge is -2.29. The molecule has 3 aromatic rings. The van der Waals surface area contributed by atoms with Crippen LogP contribution in [-0.2, 0) is 20.7 Å². The third-order valence-electron chi connectivity index (χ3n) is 6.03. The van der Waals surface area contributed by atoms with Crippen LogP contribution in [0.4, 0.5) is 23.7 Å². The quantitative estimate of drug-likeness (QED) is 0.113. The van der Waals surface area contributed by atoms with Crippen molar-refractivity contribution in [2.75, 3.05) is 18.5 Å². The Morgan fingerprint density at radius 2 is 1.70 bits per heavy atom. The SMILES string of the molecule is CCOC(=O)N(CC)C(Cc1cccc(/C(N)=N/O)c1)C(=O)Nc1ccc(-c2ccccc2C#N)cc1.O=C(O)C(F)(F)F. The van der Waals surface area contributed by atoms with Gasteiger partial charge in [0.2, 0.25) is 5.91 Å². The molecule has 11 nitrogen and oxygen atoms in total. The van der Waals surface area contributed by atoms with Crippen molar-refractivity contribution in [3.05, 3.63) is 89.5 Å². The molecule has 0 saturated carbocycles. The maximum absolute atomic E-state index is 13.5. The van der Waals surface area contributed by atoms with Crippen LogP contribution in [0.1, 0.15) is 30.5 Å². The molecule has 0 spiro atoms. The molecule has 0 aliphatic rings. The number of benzene rings is 3. The Kier molecular flexibility index (Phi) is 12.7. The van der Waals surface area contributed by atoms with Crippen molar-refractivity contribution in [2.24, 2.45) is 10.9 Å². The van der Waals surface area contributed by atoms with Gasteiger partial charge in [-0.1, -0.05) is 53.7 Å². The zero-order valence-electron chi connectivity index (χ0n) is 23.7. The molecular formula is C30H30F3N5O6. The number of amides is 2. The normalized spacial score (nSPS) is 11.7. The van der Waals surface area contributed by atoms with E-state index in [9.17, 15) is 28.0 Å². The van der Waals surface area contributed by atoms with Crippen molar-refractivity contribution < 1.29 is 42.6 Å². The molecule has 232 valence electrons. The fourth-order valence-electron chi connectivity index (χ4n) is 3.96. The summed E-state index contributed by atoms with van der Waals surface area (Å²) in [5.41, 5.74) is 9.67. The first-order valence-corrected chi connectivity index (χ1v) is 13.1. The standard InChI is InChI=1S/C28H29N5O4.C2HF3O2/c1-3-33(28(35)37-4-2)25(17-19-8-7-10-21(16-19)26(30)32-36)27(34)31-23-14-12-20(13-15-23)24-11-6-5-9-22(24)18-29;3-2(4,5)1(6)7/h5-16,25,36H,3-4,17H2,1-2H3,(H2,30,32)(H,31,34);(H,6,7). The molecule has 1 atom stereocenters. The molecule has 0 aromatic heterocycles. The van der Waals surface area contributed by atoms with Crippen molar-refractivity contribution in [3.8, 4) is 17.2 Å². The fourth-order valence-corrected chi connectivity index (χ4v) is 3.96. The summed E-state index contributed by atoms with van der Waals surface area (Å²) < 4.78 is 36.9. The molecule has 44 heavy (non-hydrogen) atoms. The zero-order chi connectivity index (χ0) is 32.9. The number of aliphatic carboxylic acids is 1. The number of nitrogens with one attached hydrogen (secondary N) is 1. The maximum Gasteiger partial charge on any atom is 0.490 e. The fraction of sp³-hybridized carbons (Fsp3) is 0.233. The number of likely N-dealkylation sites (N-methyl/N-ethyl adjacent to an activating group) is 1. The number of carbonyl (C=O) groups excluding carboxylic acids is 2. The highest BCUT2D eigenvalue weighted by Crippen LogP contribution is 2.25. The summed E-state index contributed by atoms with van der Waals surface area (Å²) in [5.74, 6) is -3.21. The minimum Gasteiger partial charge on any atom is -0.475 e. The van der Waals surface area contributed by atoms with Crippen LogP contribution in [0, 0.1) is 11.3 Å². The number of ether oxygens (including phenoxy) is 1. The van der Waals surface area contributed by atoms with E-state index in [1.54, 1.807) is 62.4 Å². The first-order valence-electron chi connectivity index (χ1n) is 13.1. The van der Waals surface area contributed by atoms with Crippen LogP contribution in [0.25, 0.3) is 11.1 Å². The van der Waals surface area contributed by atoms with Crippen LogP contribution in [0.15, 0.2) is 78.0 Å². The van der Waals surface area contributed by atoms with Crippen LogP contribution in [-0.4, -0.2) is 64.4 Å². The van der Waals surface area contributed by atoms with Gasteiger partial charge in [-0.15, -0.1) is 0 Å². The van der Waals surface area contributed by atoms with Crippen molar-refractivity contribution in [2.45, 2.75) is 32.5 Å². The summed E-state index contributed by atoms with van der Waals surface area (Å²) in [5, 5.41) is 31.4. The van der Waals surface area contributed by atoms with Crippen molar-refractivity contribution in [1.29, 1.82) is 5.26 Å². The van der Waals surface area contributed by atoms with Gasteiger partial charge in [-0.2, -0.15) is 18.4 Å². The van der Waals surface area contributed by atoms with E-state index in [1.807, 2.05) is 24.3 Å². The summed E-state index contributed by atoms with van der Waals surface area (Å²) in [4.78, 5) is 36.4. The van der Waals surface area contributed by atoms with E-state index < -0.39 is 30.2 Å². The summed E-state index contributed by atoms with van der Waals surface area (Å²) in [6, 6.07) is 22.6. The second kappa shape index (κ2) is 16.2. The topological polar surface area (TPSA) is 178 Å². The Morgan fingerprint density at radius 1 is 1.07 bits per heavy atom. The number of alkyl halides is 3. The smallest absolute Gasteiger partial charge is 0.475 e. The highest BCUT2D eigenvalue weighted by Gasteiger charge is 2.38. The third kappa shape index (κ3) is 9.76. The summed E-state index contributed by atoms with van der Waals surface area (Å²) >= 11 is 0. The number of oxime groups is 1. The minimum atomic E-state index is -5.08. The second-order valence-corrected chi connectivity index (χ2v) is 8.92. The Hall–Kier alpha value is -5.58. The average Bonchev–Trinajstić information content (AvgIpc) is 3.01. The van der Waals surface area contributed by atoms with Gasteiger partial charge in [0.1, 0.15) is 6.04 Å². The maximum atomic E-state index is 13.5. The van der Waals surface area contributed by atoms with Gasteiger partial charge >= 0.3 is 18.2 Å². The average molecular weight is 614 g/mol. The molecule has 2 amide bonds. The molecule has 0 fully saturated rings. The van der Waals surface area contributed by atoms with Gasteiger partial charge in [0, 0.05) is 24.2 Å². The number of nitrogens with zero attached hydrogens (tertiary/aromatic N) is 3. The summed E-state index contributed by atoms with van der Waals surface area (Å²) in [7, 11) is 0. The summed E-state index contributed by atoms with van der Waals surface area (Å²) in [6.07, 6.45) is -5.50. The zero-order valence-corrected chi connectivity index (χ0v) is 23.7. The van der Waals surface area contributed by atoms with Crippen molar-refractivity contribution in [3.63, 3.8) is 0 Å². The highest BCUT2D eigenvalue weighted by molar-refractivity contribution is 5.98. The lowest BCUT2D eigenvalue weighted by atomic mass is 10.00. The second-order valence-electron chi connectivity index (χ2n) is 8.92. The molecule has 0 aliphatic carbocycles. The van der Waals surface area contributed by atoms with E-state index in [0.717, 1.165) is 16.7 Å². The first kappa shape index (κ1) is 34.6. The molecule has 0 aliphatic heterocycles. The van der Waals surface area contributed by atoms with Crippen LogP contribution >= 0.6 is 0 Å². The largest absolute Gasteiger partial charge is 0.490 e. The number of nitriles is 1. The van der Waals surface area contributed by atoms with Crippen LogP contribution in [0.5, 0.6) is 0 Å². The number of carbonyl (C=O) groups is 3. The van der Waals surface area contributed by atoms with Gasteiger partial charge in [0.05, 0.1) is 18.2 Å². The molecule has 3 rings (SSSR count). The van der Waals surface area contributed by atoms with E-state index in [4.69, 9.17) is 25.6 Å². The van der Waals surface area contributed by atoms with Crippen molar-refractivity contribution in [1.82, 2.24) is 4.90 Å². The van der Waals surface area contributed by atoms with E-state index in [-0.39, 0.29) is 25.4 Å². The molecule has 0 heterocycles. The summed E-state index contributed by atoms with van der Waals surface area (Å²) in [6.45, 7) is 3.90. The van der Waals surface area contributed by atoms with Crippen LogP contribution in [0.3, 0.4) is 0 Å². The third-order valence-corrected chi connectivity index (χ3v) is 6.03. The van der Waals surface area contributed by atoms with Gasteiger partial charge in [0.15, 0.2) is 5.84 Å². The predicted octanol–water partition coefficient (Wildman–Crippen LogP) is 4.98. The molecule has 0 saturated heterocycles. The molecule has 3 aromatic carbocycles. The number of nitrogens with two attached hydrogens (primary N) is 1. The van der Waals surface area contributed by atoms with E-state index in [0.29, 0.717) is 16.8 Å². The molecule has 5 N–H and O–H groups in total. The molecule has 14 heteroatoms. The Balaban J connectivity index is 0.000000860. The first-order chi connectivity index (χ1) is 20.9. The number of halogens is 3. The monoisotopic (exact) mass is 613 g/mol. The Morgan fingerprint density at radius 3 is 2.25 bits per heavy atom. The van der Waals surface area contributed by atoms with E-state index in [1.165, 1.54) is 4.90 Å². The molecular weight excluding hydrogens is 583 g/mol. The Labute approximate surface area is 251 Å². The van der Waals surface area contributed by atoms with Gasteiger partial charge < -0.3 is 26.1 Å². The number of anilines is 1. The molecule has 1 unspecified atom stereocenters. The van der Waals surface area contributed by atoms with Gasteiger partial charge in [0.25, 0.3) is 0 Å². The molecule has 0 radical (unpaired) electrons. The number of hydrogen-bond donors (Lipinski definition) is 4. The lowest BCUT2D eigenvalue weighted by molar-refractivity contribution is -0.192. The van der Waals surface area contributed by atoms with E-state index in [2.05, 4.69) is 16.5 Å².